The van der Waals surface area contributed by atoms with Crippen LogP contribution in [0.2, 0.25) is 0 Å². The molecule has 1 heterocycles. The molecule has 2 aromatic rings. The number of oxazole rings is 1. The van der Waals surface area contributed by atoms with Crippen LogP contribution < -0.4 is 0 Å². The highest BCUT2D eigenvalue weighted by atomic mass is 19.2. The molecule has 0 atom stereocenters. The van der Waals surface area contributed by atoms with Crippen molar-refractivity contribution in [3.8, 4) is 11.5 Å². The number of carbonyl (C=O) groups excluding carboxylic acids is 1. The zero-order valence-corrected chi connectivity index (χ0v) is 11.4. The Morgan fingerprint density at radius 2 is 1.95 bits per heavy atom. The smallest absolute Gasteiger partial charge is 0.376 e. The molecule has 21 heavy (non-hydrogen) atoms. The molecular formula is C14H12F3NO3. The maximum absolute atomic E-state index is 13.7. The molecule has 7 heteroatoms. The van der Waals surface area contributed by atoms with E-state index in [4.69, 9.17) is 9.15 Å². The minimum atomic E-state index is -1.62. The van der Waals surface area contributed by atoms with Crippen LogP contribution >= 0.6 is 0 Å². The van der Waals surface area contributed by atoms with Gasteiger partial charge < -0.3 is 9.15 Å². The van der Waals surface area contributed by atoms with Crippen LogP contribution in [-0.2, 0) is 11.2 Å². The van der Waals surface area contributed by atoms with Crippen molar-refractivity contribution in [3.63, 3.8) is 0 Å². The van der Waals surface area contributed by atoms with Gasteiger partial charge in [0.05, 0.1) is 17.9 Å². The Hall–Kier alpha value is -2.31. The average Bonchev–Trinajstić information content (AvgIpc) is 2.89. The molecule has 0 N–H and O–H groups in total. The third-order valence-corrected chi connectivity index (χ3v) is 2.76. The number of carbonyl (C=O) groups is 1. The highest BCUT2D eigenvalue weighted by Gasteiger charge is 2.24. The Morgan fingerprint density at radius 3 is 2.57 bits per heavy atom. The van der Waals surface area contributed by atoms with Crippen molar-refractivity contribution < 1.29 is 27.1 Å². The quantitative estimate of drug-likeness (QED) is 0.640. The van der Waals surface area contributed by atoms with Crippen LogP contribution in [0, 0.1) is 17.5 Å². The van der Waals surface area contributed by atoms with Gasteiger partial charge in [-0.25, -0.2) is 22.9 Å². The molecule has 1 aromatic heterocycles. The summed E-state index contributed by atoms with van der Waals surface area (Å²) in [6.07, 6.45) is 0.336. The van der Waals surface area contributed by atoms with E-state index in [9.17, 15) is 18.0 Å². The van der Waals surface area contributed by atoms with Crippen LogP contribution in [0.4, 0.5) is 13.2 Å². The summed E-state index contributed by atoms with van der Waals surface area (Å²) in [5.41, 5.74) is -0.105. The van der Waals surface area contributed by atoms with E-state index in [0.717, 1.165) is 12.1 Å². The first kappa shape index (κ1) is 15.1. The number of aromatic nitrogens is 1. The van der Waals surface area contributed by atoms with Crippen molar-refractivity contribution in [2.75, 3.05) is 6.61 Å². The standard InChI is InChI=1S/C14H12F3NO3/c1-3-9-12(14(19)20-4-2)21-13(18-9)7-5-6-8(15)11(17)10(7)16/h5-6H,3-4H2,1-2H3. The first-order valence-electron chi connectivity index (χ1n) is 6.30. The van der Waals surface area contributed by atoms with Gasteiger partial charge in [-0.05, 0) is 25.5 Å². The third-order valence-electron chi connectivity index (χ3n) is 2.76. The molecule has 0 aliphatic heterocycles. The molecule has 2 rings (SSSR count). The summed E-state index contributed by atoms with van der Waals surface area (Å²) in [5, 5.41) is 0. The van der Waals surface area contributed by atoms with E-state index in [1.54, 1.807) is 13.8 Å². The van der Waals surface area contributed by atoms with Crippen LogP contribution in [0.3, 0.4) is 0 Å². The average molecular weight is 299 g/mol. The van der Waals surface area contributed by atoms with E-state index in [2.05, 4.69) is 4.98 Å². The number of hydrogen-bond acceptors (Lipinski definition) is 4. The number of benzene rings is 1. The summed E-state index contributed by atoms with van der Waals surface area (Å²) in [6, 6.07) is 1.75. The van der Waals surface area contributed by atoms with Crippen LogP contribution in [0.15, 0.2) is 16.5 Å². The Bertz CT molecular complexity index is 682. The maximum Gasteiger partial charge on any atom is 0.376 e. The second-order valence-corrected chi connectivity index (χ2v) is 4.09. The van der Waals surface area contributed by atoms with Crippen LogP contribution in [0.25, 0.3) is 11.5 Å². The highest BCUT2D eigenvalue weighted by Crippen LogP contribution is 2.27. The van der Waals surface area contributed by atoms with Gasteiger partial charge >= 0.3 is 5.97 Å². The van der Waals surface area contributed by atoms with Gasteiger partial charge in [0.25, 0.3) is 0 Å². The van der Waals surface area contributed by atoms with Crippen molar-refractivity contribution in [1.82, 2.24) is 4.98 Å². The predicted octanol–water partition coefficient (Wildman–Crippen LogP) is 3.50. The van der Waals surface area contributed by atoms with Gasteiger partial charge in [0.15, 0.2) is 17.5 Å². The Balaban J connectivity index is 2.51. The van der Waals surface area contributed by atoms with E-state index in [-0.39, 0.29) is 29.5 Å². The van der Waals surface area contributed by atoms with Crippen molar-refractivity contribution in [3.05, 3.63) is 41.0 Å². The monoisotopic (exact) mass is 299 g/mol. The molecule has 1 aromatic carbocycles. The number of rotatable bonds is 4. The Morgan fingerprint density at radius 1 is 1.24 bits per heavy atom. The maximum atomic E-state index is 13.7. The first-order chi connectivity index (χ1) is 9.99. The predicted molar refractivity (Wildman–Crippen MR) is 67.1 cm³/mol. The van der Waals surface area contributed by atoms with Gasteiger partial charge in [0, 0.05) is 0 Å². The summed E-state index contributed by atoms with van der Waals surface area (Å²) >= 11 is 0. The van der Waals surface area contributed by atoms with E-state index >= 15 is 0 Å². The lowest BCUT2D eigenvalue weighted by atomic mass is 10.2. The van der Waals surface area contributed by atoms with Gasteiger partial charge in [-0.15, -0.1) is 0 Å². The van der Waals surface area contributed by atoms with Gasteiger partial charge in [0.1, 0.15) is 0 Å². The lowest BCUT2D eigenvalue weighted by Gasteiger charge is -2.00. The van der Waals surface area contributed by atoms with Gasteiger partial charge in [-0.2, -0.15) is 0 Å². The molecule has 0 aliphatic carbocycles. The van der Waals surface area contributed by atoms with Crippen LogP contribution in [0.5, 0.6) is 0 Å². The highest BCUT2D eigenvalue weighted by molar-refractivity contribution is 5.88. The van der Waals surface area contributed by atoms with E-state index in [0.29, 0.717) is 6.42 Å². The zero-order chi connectivity index (χ0) is 15.6. The molecule has 0 aliphatic rings. The molecule has 0 amide bonds. The van der Waals surface area contributed by atoms with E-state index in [1.165, 1.54) is 0 Å². The number of esters is 1. The van der Waals surface area contributed by atoms with Gasteiger partial charge in [-0.1, -0.05) is 6.92 Å². The molecule has 0 bridgehead atoms. The number of ether oxygens (including phenoxy) is 1. The zero-order valence-electron chi connectivity index (χ0n) is 11.4. The summed E-state index contributed by atoms with van der Waals surface area (Å²) in [5.74, 6) is -5.57. The second-order valence-electron chi connectivity index (χ2n) is 4.09. The first-order valence-corrected chi connectivity index (χ1v) is 6.30. The van der Waals surface area contributed by atoms with Gasteiger partial charge in [-0.3, -0.25) is 0 Å². The van der Waals surface area contributed by atoms with Crippen molar-refractivity contribution in [2.45, 2.75) is 20.3 Å². The molecule has 0 fully saturated rings. The largest absolute Gasteiger partial charge is 0.460 e. The van der Waals surface area contributed by atoms with E-state index < -0.39 is 23.4 Å². The SMILES string of the molecule is CCOC(=O)c1oc(-c2ccc(F)c(F)c2F)nc1CC. The molecular weight excluding hydrogens is 287 g/mol. The second kappa shape index (κ2) is 5.99. The van der Waals surface area contributed by atoms with E-state index in [1.807, 2.05) is 0 Å². The van der Waals surface area contributed by atoms with Crippen molar-refractivity contribution in [1.29, 1.82) is 0 Å². The normalized spacial score (nSPS) is 10.7. The van der Waals surface area contributed by atoms with Crippen LogP contribution in [-0.4, -0.2) is 17.6 Å². The molecule has 0 radical (unpaired) electrons. The summed E-state index contributed by atoms with van der Waals surface area (Å²) < 4.78 is 49.8. The molecule has 0 saturated heterocycles. The fourth-order valence-electron chi connectivity index (χ4n) is 1.75. The van der Waals surface area contributed by atoms with Crippen LogP contribution in [0.1, 0.15) is 30.1 Å². The number of aryl methyl sites for hydroxylation is 1. The summed E-state index contributed by atoms with van der Waals surface area (Å²) in [4.78, 5) is 15.6. The van der Waals surface area contributed by atoms with Crippen molar-refractivity contribution in [2.24, 2.45) is 0 Å². The third kappa shape index (κ3) is 2.76. The lowest BCUT2D eigenvalue weighted by molar-refractivity contribution is 0.0489. The number of nitrogens with zero attached hydrogens (tertiary/aromatic N) is 1. The molecule has 0 spiro atoms. The van der Waals surface area contributed by atoms with Crippen molar-refractivity contribution >= 4 is 5.97 Å². The minimum Gasteiger partial charge on any atom is -0.460 e. The minimum absolute atomic E-state index is 0.136. The van der Waals surface area contributed by atoms with Gasteiger partial charge in [0.2, 0.25) is 11.7 Å². The topological polar surface area (TPSA) is 52.3 Å². The molecule has 0 saturated carbocycles. The fraction of sp³-hybridized carbons (Fsp3) is 0.286. The molecule has 112 valence electrons. The lowest BCUT2D eigenvalue weighted by Crippen LogP contribution is -2.05. The Labute approximate surface area is 118 Å². The summed E-state index contributed by atoms with van der Waals surface area (Å²) in [6.45, 7) is 3.47. The number of hydrogen-bond donors (Lipinski definition) is 0. The molecule has 0 unspecified atom stereocenters. The number of halogens is 3. The Kier molecular flexibility index (Phi) is 4.30. The fourth-order valence-corrected chi connectivity index (χ4v) is 1.75. The molecule has 4 nitrogen and oxygen atoms in total. The summed E-state index contributed by atoms with van der Waals surface area (Å²) in [7, 11) is 0.